The summed E-state index contributed by atoms with van der Waals surface area (Å²) in [5.41, 5.74) is 3.14. The van der Waals surface area contributed by atoms with Crippen LogP contribution in [0.3, 0.4) is 0 Å². The summed E-state index contributed by atoms with van der Waals surface area (Å²) in [5, 5.41) is 5.89. The van der Waals surface area contributed by atoms with E-state index in [1.165, 1.54) is 0 Å². The predicted octanol–water partition coefficient (Wildman–Crippen LogP) is 7.10. The first-order valence-corrected chi connectivity index (χ1v) is 11.9. The minimum atomic E-state index is -0.477. The zero-order valence-corrected chi connectivity index (χ0v) is 21.1. The molecule has 0 aliphatic heterocycles. The zero-order valence-electron chi connectivity index (χ0n) is 19.6. The van der Waals surface area contributed by atoms with Gasteiger partial charge in [-0.15, -0.1) is 0 Å². The second-order valence-electron chi connectivity index (χ2n) is 10.3. The maximum atomic E-state index is 12.5. The Balaban J connectivity index is 1.67. The highest BCUT2D eigenvalue weighted by Crippen LogP contribution is 2.58. The van der Waals surface area contributed by atoms with Crippen molar-refractivity contribution in [2.45, 2.75) is 59.0 Å². The molecule has 5 nitrogen and oxygen atoms in total. The second kappa shape index (κ2) is 8.77. The van der Waals surface area contributed by atoms with Crippen molar-refractivity contribution in [1.82, 2.24) is 14.8 Å². The number of hydrogen-bond acceptors (Lipinski definition) is 4. The van der Waals surface area contributed by atoms with Gasteiger partial charge in [-0.2, -0.15) is 5.10 Å². The monoisotopic (exact) mass is 485 g/mol. The van der Waals surface area contributed by atoms with Crippen molar-refractivity contribution in [1.29, 1.82) is 0 Å². The fourth-order valence-electron chi connectivity index (χ4n) is 4.57. The first kappa shape index (κ1) is 23.8. The van der Waals surface area contributed by atoms with Crippen LogP contribution in [-0.4, -0.2) is 26.3 Å². The molecule has 1 aliphatic carbocycles. The molecule has 1 aromatic carbocycles. The highest BCUT2D eigenvalue weighted by atomic mass is 35.5. The number of benzene rings is 1. The average molecular weight is 486 g/mol. The Labute approximate surface area is 205 Å². The molecule has 2 unspecified atom stereocenters. The Morgan fingerprint density at radius 2 is 1.94 bits per heavy atom. The van der Waals surface area contributed by atoms with E-state index >= 15 is 0 Å². The van der Waals surface area contributed by atoms with Gasteiger partial charge in [-0.3, -0.25) is 9.78 Å². The molecule has 1 saturated carbocycles. The van der Waals surface area contributed by atoms with Crippen molar-refractivity contribution in [3.8, 4) is 16.9 Å². The van der Waals surface area contributed by atoms with E-state index in [4.69, 9.17) is 33.0 Å². The molecule has 0 N–H and O–H groups in total. The first-order valence-electron chi connectivity index (χ1n) is 11.1. The number of esters is 1. The molecule has 0 radical (unpaired) electrons. The quantitative estimate of drug-likeness (QED) is 0.361. The largest absolute Gasteiger partial charge is 0.460 e. The van der Waals surface area contributed by atoms with Crippen LogP contribution in [0.4, 0.5) is 0 Å². The predicted molar refractivity (Wildman–Crippen MR) is 132 cm³/mol. The molecule has 33 heavy (non-hydrogen) atoms. The lowest BCUT2D eigenvalue weighted by atomic mass is 9.53. The van der Waals surface area contributed by atoms with Crippen molar-refractivity contribution in [2.24, 2.45) is 11.3 Å². The number of nitrogens with zero attached hydrogens (tertiary/aromatic N) is 3. The third-order valence-electron chi connectivity index (χ3n) is 6.50. The number of aromatic nitrogens is 3. The molecule has 1 aliphatic rings. The van der Waals surface area contributed by atoms with Crippen molar-refractivity contribution in [2.75, 3.05) is 0 Å². The summed E-state index contributed by atoms with van der Waals surface area (Å²) in [6.07, 6.45) is 4.85. The van der Waals surface area contributed by atoms with Crippen LogP contribution in [0, 0.1) is 11.3 Å². The van der Waals surface area contributed by atoms with E-state index in [1.54, 1.807) is 12.3 Å². The lowest BCUT2D eigenvalue weighted by molar-refractivity contribution is -0.159. The third-order valence-corrected chi connectivity index (χ3v) is 7.24. The lowest BCUT2D eigenvalue weighted by Gasteiger charge is -2.52. The Hall–Kier alpha value is -2.37. The summed E-state index contributed by atoms with van der Waals surface area (Å²) < 4.78 is 7.51. The molecule has 2 aromatic heterocycles. The molecule has 0 saturated heterocycles. The van der Waals surface area contributed by atoms with E-state index in [-0.39, 0.29) is 23.2 Å². The molecule has 1 fully saturated rings. The molecule has 3 aromatic rings. The van der Waals surface area contributed by atoms with E-state index in [2.05, 4.69) is 24.9 Å². The number of ether oxygens (including phenoxy) is 1. The van der Waals surface area contributed by atoms with Crippen LogP contribution < -0.4 is 0 Å². The maximum Gasteiger partial charge on any atom is 0.306 e. The van der Waals surface area contributed by atoms with Crippen LogP contribution in [0.15, 0.2) is 48.8 Å². The van der Waals surface area contributed by atoms with Crippen molar-refractivity contribution >= 4 is 29.2 Å². The minimum absolute atomic E-state index is 0.100. The van der Waals surface area contributed by atoms with Crippen molar-refractivity contribution in [3.05, 3.63) is 64.5 Å². The van der Waals surface area contributed by atoms with Crippen molar-refractivity contribution in [3.63, 3.8) is 0 Å². The third kappa shape index (κ3) is 4.95. The molecule has 4 rings (SSSR count). The molecule has 0 bridgehead atoms. The molecule has 2 atom stereocenters. The number of pyridine rings is 1. The van der Waals surface area contributed by atoms with Crippen LogP contribution in [0.25, 0.3) is 16.9 Å². The number of rotatable bonds is 5. The molecule has 0 amide bonds. The van der Waals surface area contributed by atoms with Gasteiger partial charge in [0, 0.05) is 36.0 Å². The van der Waals surface area contributed by atoms with Gasteiger partial charge in [0.05, 0.1) is 21.4 Å². The van der Waals surface area contributed by atoms with E-state index in [0.29, 0.717) is 16.5 Å². The fraction of sp³-hybridized carbons (Fsp3) is 0.423. The van der Waals surface area contributed by atoms with Crippen LogP contribution in [0.2, 0.25) is 10.0 Å². The number of halogens is 2. The van der Waals surface area contributed by atoms with Gasteiger partial charge >= 0.3 is 5.97 Å². The Morgan fingerprint density at radius 1 is 1.18 bits per heavy atom. The van der Waals surface area contributed by atoms with Crippen LogP contribution in [-0.2, 0) is 9.53 Å². The number of carbonyl (C=O) groups is 1. The molecule has 2 heterocycles. The van der Waals surface area contributed by atoms with Gasteiger partial charge in [-0.25, -0.2) is 4.68 Å². The summed E-state index contributed by atoms with van der Waals surface area (Å²) in [4.78, 5) is 16.7. The first-order chi connectivity index (χ1) is 15.5. The van der Waals surface area contributed by atoms with Crippen LogP contribution >= 0.6 is 23.2 Å². The number of carbonyl (C=O) groups excluding carboxylic acids is 1. The lowest BCUT2D eigenvalue weighted by Crippen LogP contribution is -2.45. The molecule has 7 heteroatoms. The second-order valence-corrected chi connectivity index (χ2v) is 11.1. The molecule has 0 spiro atoms. The molecular formula is C26H29Cl2N3O2. The Bertz CT molecular complexity index is 1170. The maximum absolute atomic E-state index is 12.5. The normalized spacial score (nSPS) is 19.7. The smallest absolute Gasteiger partial charge is 0.306 e. The van der Waals surface area contributed by atoms with E-state index in [9.17, 15) is 4.79 Å². The minimum Gasteiger partial charge on any atom is -0.460 e. The summed E-state index contributed by atoms with van der Waals surface area (Å²) >= 11 is 12.5. The van der Waals surface area contributed by atoms with E-state index in [1.807, 2.05) is 55.9 Å². The SMILES string of the molecule is CC(C)(C)OC(=O)CC1CC(c2cc(-c3cccnc3)nn2-c2ccc(Cl)c(Cl)c2)C1(C)C. The van der Waals surface area contributed by atoms with Gasteiger partial charge < -0.3 is 4.74 Å². The summed E-state index contributed by atoms with van der Waals surface area (Å²) in [7, 11) is 0. The van der Waals surface area contributed by atoms with Gasteiger partial charge in [-0.1, -0.05) is 37.0 Å². The summed E-state index contributed by atoms with van der Waals surface area (Å²) in [6.45, 7) is 10.1. The fourth-order valence-corrected chi connectivity index (χ4v) is 4.86. The highest BCUT2D eigenvalue weighted by Gasteiger charge is 2.51. The van der Waals surface area contributed by atoms with Crippen LogP contribution in [0.5, 0.6) is 0 Å². The van der Waals surface area contributed by atoms with E-state index < -0.39 is 5.60 Å². The number of hydrogen-bond donors (Lipinski definition) is 0. The van der Waals surface area contributed by atoms with Crippen LogP contribution in [0.1, 0.15) is 59.1 Å². The standard InChI is InChI=1S/C26H29Cl2N3O2/c1-25(2,3)33-24(32)12-17-11-19(26(17,4)5)23-14-22(16-7-6-10-29-15-16)30-31(23)18-8-9-20(27)21(28)13-18/h6-10,13-15,17,19H,11-12H2,1-5H3. The van der Waals surface area contributed by atoms with Crippen molar-refractivity contribution < 1.29 is 9.53 Å². The van der Waals surface area contributed by atoms with Gasteiger partial charge in [-0.05, 0) is 74.9 Å². The highest BCUT2D eigenvalue weighted by molar-refractivity contribution is 6.42. The average Bonchev–Trinajstić information content (AvgIpc) is 3.16. The topological polar surface area (TPSA) is 57.0 Å². The Morgan fingerprint density at radius 3 is 2.55 bits per heavy atom. The summed E-state index contributed by atoms with van der Waals surface area (Å²) in [5.74, 6) is 0.307. The van der Waals surface area contributed by atoms with Gasteiger partial charge in [0.2, 0.25) is 0 Å². The van der Waals surface area contributed by atoms with Gasteiger partial charge in [0.25, 0.3) is 0 Å². The zero-order chi connectivity index (χ0) is 24.0. The molecule has 174 valence electrons. The molecular weight excluding hydrogens is 457 g/mol. The van der Waals surface area contributed by atoms with Gasteiger partial charge in [0.1, 0.15) is 5.60 Å². The Kier molecular flexibility index (Phi) is 6.32. The summed E-state index contributed by atoms with van der Waals surface area (Å²) in [6, 6.07) is 11.5. The van der Waals surface area contributed by atoms with E-state index in [0.717, 1.165) is 29.1 Å². The van der Waals surface area contributed by atoms with Gasteiger partial charge in [0.15, 0.2) is 0 Å².